The predicted octanol–water partition coefficient (Wildman–Crippen LogP) is 4.13. The van der Waals surface area contributed by atoms with E-state index in [1.54, 1.807) is 24.0 Å². The normalized spacial score (nSPS) is 14.2. The number of para-hydroxylation sites is 1. The van der Waals surface area contributed by atoms with Crippen LogP contribution in [0.4, 0.5) is 5.69 Å². The first-order valence-corrected chi connectivity index (χ1v) is 8.29. The van der Waals surface area contributed by atoms with E-state index >= 15 is 0 Å². The number of hydrogen-bond acceptors (Lipinski definition) is 3. The molecule has 1 heterocycles. The molecule has 0 saturated carbocycles. The predicted molar refractivity (Wildman–Crippen MR) is 93.8 cm³/mol. The quantitative estimate of drug-likeness (QED) is 0.770. The number of nitrogens with zero attached hydrogens (tertiary/aromatic N) is 1. The second kappa shape index (κ2) is 6.83. The molecule has 0 bridgehead atoms. The van der Waals surface area contributed by atoms with Crippen LogP contribution in [0.15, 0.2) is 42.5 Å². The molecule has 24 heavy (non-hydrogen) atoms. The van der Waals surface area contributed by atoms with Crippen LogP contribution in [-0.2, 0) is 16.0 Å². The van der Waals surface area contributed by atoms with E-state index in [1.165, 1.54) is 6.07 Å². The highest BCUT2D eigenvalue weighted by atomic mass is 35.5. The maximum atomic E-state index is 12.6. The van der Waals surface area contributed by atoms with E-state index in [4.69, 9.17) is 27.9 Å². The molecule has 1 atom stereocenters. The van der Waals surface area contributed by atoms with Crippen LogP contribution in [0.25, 0.3) is 0 Å². The fourth-order valence-electron chi connectivity index (χ4n) is 2.72. The lowest BCUT2D eigenvalue weighted by Gasteiger charge is -2.22. The maximum absolute atomic E-state index is 12.6. The van der Waals surface area contributed by atoms with Gasteiger partial charge in [0.1, 0.15) is 0 Å². The molecule has 124 valence electrons. The topological polar surface area (TPSA) is 46.6 Å². The molecule has 4 nitrogen and oxygen atoms in total. The van der Waals surface area contributed by atoms with Gasteiger partial charge in [0.2, 0.25) is 0 Å². The summed E-state index contributed by atoms with van der Waals surface area (Å²) in [6, 6.07) is 12.4. The fourth-order valence-corrected chi connectivity index (χ4v) is 3.10. The standard InChI is InChI=1S/C18H15Cl2NO3/c1-11(24-18(23)13-6-4-7-14(19)16(13)20)17(22)21-10-9-12-5-2-3-8-15(12)21/h2-8,11H,9-10H2,1H3/t11-/m1/s1. The molecule has 1 aliphatic heterocycles. The maximum Gasteiger partial charge on any atom is 0.340 e. The summed E-state index contributed by atoms with van der Waals surface area (Å²) in [5, 5.41) is 0.383. The summed E-state index contributed by atoms with van der Waals surface area (Å²) in [6.45, 7) is 2.14. The third-order valence-corrected chi connectivity index (χ3v) is 4.78. The molecule has 1 amide bonds. The molecule has 0 spiro atoms. The van der Waals surface area contributed by atoms with Gasteiger partial charge < -0.3 is 9.64 Å². The molecule has 0 fully saturated rings. The van der Waals surface area contributed by atoms with Gasteiger partial charge >= 0.3 is 5.97 Å². The number of carbonyl (C=O) groups excluding carboxylic acids is 2. The second-order valence-electron chi connectivity index (χ2n) is 5.52. The van der Waals surface area contributed by atoms with Gasteiger partial charge in [-0.05, 0) is 37.1 Å². The van der Waals surface area contributed by atoms with E-state index in [0.29, 0.717) is 6.54 Å². The minimum Gasteiger partial charge on any atom is -0.449 e. The summed E-state index contributed by atoms with van der Waals surface area (Å²) in [4.78, 5) is 26.5. The summed E-state index contributed by atoms with van der Waals surface area (Å²) in [5.74, 6) is -0.928. The third-order valence-electron chi connectivity index (χ3n) is 3.96. The number of hydrogen-bond donors (Lipinski definition) is 0. The lowest BCUT2D eigenvalue weighted by molar-refractivity contribution is -0.126. The molecule has 1 aliphatic rings. The van der Waals surface area contributed by atoms with Gasteiger partial charge in [0.15, 0.2) is 6.10 Å². The van der Waals surface area contributed by atoms with Crippen LogP contribution in [0.1, 0.15) is 22.8 Å². The molecule has 0 radical (unpaired) electrons. The van der Waals surface area contributed by atoms with Crippen LogP contribution < -0.4 is 4.90 Å². The van der Waals surface area contributed by atoms with Gasteiger partial charge in [-0.1, -0.05) is 47.5 Å². The monoisotopic (exact) mass is 363 g/mol. The van der Waals surface area contributed by atoms with Crippen molar-refractivity contribution in [1.29, 1.82) is 0 Å². The van der Waals surface area contributed by atoms with Gasteiger partial charge in [0.05, 0.1) is 15.6 Å². The molecule has 6 heteroatoms. The molecule has 0 N–H and O–H groups in total. The molecule has 0 unspecified atom stereocenters. The van der Waals surface area contributed by atoms with Crippen LogP contribution in [0.2, 0.25) is 10.0 Å². The van der Waals surface area contributed by atoms with Gasteiger partial charge in [-0.2, -0.15) is 0 Å². The van der Waals surface area contributed by atoms with Crippen LogP contribution in [-0.4, -0.2) is 24.5 Å². The number of rotatable bonds is 3. The van der Waals surface area contributed by atoms with Crippen molar-refractivity contribution in [1.82, 2.24) is 0 Å². The van der Waals surface area contributed by atoms with Gasteiger partial charge in [0, 0.05) is 12.2 Å². The molecular weight excluding hydrogens is 349 g/mol. The smallest absolute Gasteiger partial charge is 0.340 e. The summed E-state index contributed by atoms with van der Waals surface area (Å²) in [7, 11) is 0. The third kappa shape index (κ3) is 3.12. The minimum absolute atomic E-state index is 0.121. The Morgan fingerprint density at radius 2 is 1.88 bits per heavy atom. The highest BCUT2D eigenvalue weighted by molar-refractivity contribution is 6.43. The van der Waals surface area contributed by atoms with Crippen molar-refractivity contribution in [3.05, 3.63) is 63.6 Å². The SMILES string of the molecule is C[C@@H](OC(=O)c1cccc(Cl)c1Cl)C(=O)N1CCc2ccccc21. The Labute approximate surface area is 149 Å². The number of amides is 1. The van der Waals surface area contributed by atoms with Crippen molar-refractivity contribution < 1.29 is 14.3 Å². The average Bonchev–Trinajstić information content (AvgIpc) is 3.00. The van der Waals surface area contributed by atoms with Crippen molar-refractivity contribution in [2.75, 3.05) is 11.4 Å². The lowest BCUT2D eigenvalue weighted by atomic mass is 10.2. The zero-order chi connectivity index (χ0) is 17.3. The highest BCUT2D eigenvalue weighted by Crippen LogP contribution is 2.29. The Balaban J connectivity index is 1.73. The number of ether oxygens (including phenoxy) is 1. The Bertz CT molecular complexity index is 807. The fraction of sp³-hybridized carbons (Fsp3) is 0.222. The zero-order valence-electron chi connectivity index (χ0n) is 13.0. The number of fused-ring (bicyclic) bond motifs is 1. The highest BCUT2D eigenvalue weighted by Gasteiger charge is 2.30. The molecule has 0 saturated heterocycles. The number of benzene rings is 2. The van der Waals surface area contributed by atoms with Crippen molar-refractivity contribution in [3.63, 3.8) is 0 Å². The Morgan fingerprint density at radius 3 is 2.67 bits per heavy atom. The first-order chi connectivity index (χ1) is 11.5. The molecular formula is C18H15Cl2NO3. The number of halogens is 2. The summed E-state index contributed by atoms with van der Waals surface area (Å²) >= 11 is 11.9. The zero-order valence-corrected chi connectivity index (χ0v) is 14.5. The molecule has 2 aromatic carbocycles. The largest absolute Gasteiger partial charge is 0.449 e. The summed E-state index contributed by atoms with van der Waals surface area (Å²) in [6.07, 6.45) is -0.124. The molecule has 0 aromatic heterocycles. The van der Waals surface area contributed by atoms with Gasteiger partial charge in [-0.3, -0.25) is 4.79 Å². The van der Waals surface area contributed by atoms with Crippen LogP contribution in [0, 0.1) is 0 Å². The van der Waals surface area contributed by atoms with Crippen LogP contribution >= 0.6 is 23.2 Å². The van der Waals surface area contributed by atoms with Crippen LogP contribution in [0.3, 0.4) is 0 Å². The molecule has 2 aromatic rings. The first kappa shape index (κ1) is 16.8. The van der Waals surface area contributed by atoms with Crippen molar-refractivity contribution in [2.24, 2.45) is 0 Å². The Morgan fingerprint density at radius 1 is 1.12 bits per heavy atom. The average molecular weight is 364 g/mol. The van der Waals surface area contributed by atoms with Crippen molar-refractivity contribution >= 4 is 40.8 Å². The van der Waals surface area contributed by atoms with E-state index in [0.717, 1.165) is 17.7 Å². The van der Waals surface area contributed by atoms with E-state index in [9.17, 15) is 9.59 Å². The summed E-state index contributed by atoms with van der Waals surface area (Å²) in [5.41, 5.74) is 2.12. The van der Waals surface area contributed by atoms with E-state index in [2.05, 4.69) is 0 Å². The minimum atomic E-state index is -0.918. The Kier molecular flexibility index (Phi) is 4.78. The van der Waals surface area contributed by atoms with Gasteiger partial charge in [0.25, 0.3) is 5.91 Å². The van der Waals surface area contributed by atoms with Crippen molar-refractivity contribution in [2.45, 2.75) is 19.4 Å². The van der Waals surface area contributed by atoms with E-state index in [1.807, 2.05) is 24.3 Å². The Hall–Kier alpha value is -2.04. The molecule has 0 aliphatic carbocycles. The van der Waals surface area contributed by atoms with Crippen molar-refractivity contribution in [3.8, 4) is 0 Å². The van der Waals surface area contributed by atoms with Crippen LogP contribution in [0.5, 0.6) is 0 Å². The number of esters is 1. The first-order valence-electron chi connectivity index (χ1n) is 7.53. The number of anilines is 1. The van der Waals surface area contributed by atoms with E-state index in [-0.39, 0.29) is 21.5 Å². The molecule has 3 rings (SSSR count). The van der Waals surface area contributed by atoms with Gasteiger partial charge in [-0.15, -0.1) is 0 Å². The second-order valence-corrected chi connectivity index (χ2v) is 6.30. The lowest BCUT2D eigenvalue weighted by Crippen LogP contribution is -2.39. The summed E-state index contributed by atoms with van der Waals surface area (Å²) < 4.78 is 5.29. The van der Waals surface area contributed by atoms with Gasteiger partial charge in [-0.25, -0.2) is 4.79 Å². The van der Waals surface area contributed by atoms with E-state index < -0.39 is 12.1 Å². The number of carbonyl (C=O) groups is 2.